The van der Waals surface area contributed by atoms with E-state index in [9.17, 15) is 0 Å². The molecular weight excluding hydrogens is 330 g/mol. The third-order valence-corrected chi connectivity index (χ3v) is 3.94. The van der Waals surface area contributed by atoms with Crippen LogP contribution in [0.4, 0.5) is 0 Å². The summed E-state index contributed by atoms with van der Waals surface area (Å²) in [7, 11) is 0. The van der Waals surface area contributed by atoms with Crippen molar-refractivity contribution in [3.05, 3.63) is 65.3 Å². The molecule has 1 aromatic heterocycles. The highest BCUT2D eigenvalue weighted by Crippen LogP contribution is 2.47. The third-order valence-electron chi connectivity index (χ3n) is 3.28. The van der Waals surface area contributed by atoms with Gasteiger partial charge in [0.25, 0.3) is 5.88 Å². The first-order chi connectivity index (χ1) is 10.3. The topological polar surface area (TPSA) is 31.4 Å². The molecule has 0 atom stereocenters. The van der Waals surface area contributed by atoms with E-state index in [-0.39, 0.29) is 0 Å². The molecule has 0 spiro atoms. The van der Waals surface area contributed by atoms with Crippen LogP contribution in [0.15, 0.2) is 65.3 Å². The van der Waals surface area contributed by atoms with Crippen LogP contribution in [0.2, 0.25) is 0 Å². The number of halogens is 1. The van der Waals surface area contributed by atoms with Crippen molar-refractivity contribution in [2.45, 2.75) is 0 Å². The van der Waals surface area contributed by atoms with Gasteiger partial charge in [-0.15, -0.1) is 0 Å². The van der Waals surface area contributed by atoms with Gasteiger partial charge in [-0.25, -0.2) is 4.98 Å². The molecule has 2 heterocycles. The van der Waals surface area contributed by atoms with Crippen molar-refractivity contribution in [1.29, 1.82) is 0 Å². The summed E-state index contributed by atoms with van der Waals surface area (Å²) < 4.78 is 12.6. The summed E-state index contributed by atoms with van der Waals surface area (Å²) in [5.41, 5.74) is 2.18. The molecule has 0 radical (unpaired) electrons. The molecule has 2 aromatic carbocycles. The molecule has 0 bridgehead atoms. The van der Waals surface area contributed by atoms with Gasteiger partial charge in [-0.2, -0.15) is 0 Å². The zero-order chi connectivity index (χ0) is 14.2. The van der Waals surface area contributed by atoms with E-state index >= 15 is 0 Å². The molecule has 4 rings (SSSR count). The highest BCUT2D eigenvalue weighted by atomic mass is 79.9. The lowest BCUT2D eigenvalue weighted by molar-refractivity contribution is 0.348. The van der Waals surface area contributed by atoms with E-state index in [0.717, 1.165) is 15.6 Å². The highest BCUT2D eigenvalue weighted by molar-refractivity contribution is 9.10. The number of hydrogen-bond acceptors (Lipinski definition) is 3. The molecule has 1 aliphatic heterocycles. The van der Waals surface area contributed by atoms with Crippen molar-refractivity contribution in [3.63, 3.8) is 0 Å². The standard InChI is InChI=1S/C17H10BrNO2/c18-13-10-16-15(9-12(13)11-5-2-1-3-6-11)20-14-7-4-8-19-17(14)21-16/h1-10H. The Kier molecular flexibility index (Phi) is 2.89. The Hall–Kier alpha value is -2.33. The number of ether oxygens (including phenoxy) is 2. The molecular formula is C17H10BrNO2. The Balaban J connectivity index is 1.82. The van der Waals surface area contributed by atoms with Crippen LogP contribution in [0.3, 0.4) is 0 Å². The van der Waals surface area contributed by atoms with Gasteiger partial charge in [-0.3, -0.25) is 0 Å². The van der Waals surface area contributed by atoms with Crippen LogP contribution in [0, 0.1) is 0 Å². The van der Waals surface area contributed by atoms with Gasteiger partial charge in [0.05, 0.1) is 0 Å². The van der Waals surface area contributed by atoms with Crippen LogP contribution in [-0.4, -0.2) is 4.98 Å². The molecule has 102 valence electrons. The molecule has 0 saturated heterocycles. The van der Waals surface area contributed by atoms with E-state index in [2.05, 4.69) is 33.0 Å². The van der Waals surface area contributed by atoms with Crippen molar-refractivity contribution < 1.29 is 9.47 Å². The van der Waals surface area contributed by atoms with Gasteiger partial charge in [0.2, 0.25) is 0 Å². The maximum atomic E-state index is 5.89. The van der Waals surface area contributed by atoms with Crippen LogP contribution in [0.25, 0.3) is 11.1 Å². The fourth-order valence-electron chi connectivity index (χ4n) is 2.29. The van der Waals surface area contributed by atoms with E-state index < -0.39 is 0 Å². The van der Waals surface area contributed by atoms with Gasteiger partial charge < -0.3 is 9.47 Å². The minimum Gasteiger partial charge on any atom is -0.448 e. The van der Waals surface area contributed by atoms with Gasteiger partial charge in [0.1, 0.15) is 0 Å². The molecule has 3 aromatic rings. The quantitative estimate of drug-likeness (QED) is 0.464. The summed E-state index contributed by atoms with van der Waals surface area (Å²) in [5.74, 6) is 2.47. The molecule has 3 nitrogen and oxygen atoms in total. The van der Waals surface area contributed by atoms with Crippen molar-refractivity contribution in [2.75, 3.05) is 0 Å². The van der Waals surface area contributed by atoms with Gasteiger partial charge in [-0.05, 0) is 35.4 Å². The van der Waals surface area contributed by atoms with E-state index in [4.69, 9.17) is 9.47 Å². The highest BCUT2D eigenvalue weighted by Gasteiger charge is 2.21. The van der Waals surface area contributed by atoms with Crippen LogP contribution in [0.1, 0.15) is 0 Å². The summed E-state index contributed by atoms with van der Waals surface area (Å²) in [5, 5.41) is 0. The Bertz CT molecular complexity index is 818. The maximum Gasteiger partial charge on any atom is 0.263 e. The number of pyridine rings is 1. The van der Waals surface area contributed by atoms with Crippen LogP contribution in [-0.2, 0) is 0 Å². The van der Waals surface area contributed by atoms with E-state index in [1.54, 1.807) is 6.20 Å². The lowest BCUT2D eigenvalue weighted by atomic mass is 10.1. The Labute approximate surface area is 130 Å². The van der Waals surface area contributed by atoms with Crippen molar-refractivity contribution in [1.82, 2.24) is 4.98 Å². The van der Waals surface area contributed by atoms with E-state index in [1.165, 1.54) is 0 Å². The summed E-state index contributed by atoms with van der Waals surface area (Å²) in [6, 6.07) is 17.7. The first-order valence-corrected chi connectivity index (χ1v) is 7.30. The number of aromatic nitrogens is 1. The monoisotopic (exact) mass is 339 g/mol. The predicted octanol–water partition coefficient (Wildman–Crippen LogP) is 5.41. The van der Waals surface area contributed by atoms with Crippen LogP contribution >= 0.6 is 15.9 Å². The van der Waals surface area contributed by atoms with Gasteiger partial charge >= 0.3 is 0 Å². The van der Waals surface area contributed by atoms with E-state index in [1.807, 2.05) is 42.5 Å². The van der Waals surface area contributed by atoms with E-state index in [0.29, 0.717) is 23.1 Å². The number of fused-ring (bicyclic) bond motifs is 2. The second kappa shape index (κ2) is 4.90. The molecule has 0 N–H and O–H groups in total. The maximum absolute atomic E-state index is 5.89. The minimum absolute atomic E-state index is 0.490. The second-order valence-corrected chi connectivity index (χ2v) is 5.51. The Morgan fingerprint density at radius 2 is 1.62 bits per heavy atom. The lowest BCUT2D eigenvalue weighted by Crippen LogP contribution is -2.00. The van der Waals surface area contributed by atoms with Crippen LogP contribution < -0.4 is 9.47 Å². The number of nitrogens with zero attached hydrogens (tertiary/aromatic N) is 1. The largest absolute Gasteiger partial charge is 0.448 e. The number of benzene rings is 2. The first kappa shape index (κ1) is 12.4. The molecule has 0 unspecified atom stereocenters. The minimum atomic E-state index is 0.490. The molecule has 4 heteroatoms. The first-order valence-electron chi connectivity index (χ1n) is 6.51. The fourth-order valence-corrected chi connectivity index (χ4v) is 2.84. The number of rotatable bonds is 1. The Morgan fingerprint density at radius 1 is 0.810 bits per heavy atom. The third kappa shape index (κ3) is 2.17. The molecule has 0 fully saturated rings. The lowest BCUT2D eigenvalue weighted by Gasteiger charge is -2.20. The zero-order valence-electron chi connectivity index (χ0n) is 10.9. The SMILES string of the molecule is Brc1cc2c(cc1-c1ccccc1)Oc1cccnc1O2. The second-order valence-electron chi connectivity index (χ2n) is 4.66. The van der Waals surface area contributed by atoms with Crippen molar-refractivity contribution in [3.8, 4) is 34.3 Å². The molecule has 21 heavy (non-hydrogen) atoms. The van der Waals surface area contributed by atoms with Crippen LogP contribution in [0.5, 0.6) is 23.1 Å². The smallest absolute Gasteiger partial charge is 0.263 e. The summed E-state index contributed by atoms with van der Waals surface area (Å²) in [4.78, 5) is 4.17. The summed E-state index contributed by atoms with van der Waals surface area (Å²) in [6.07, 6.45) is 1.68. The normalized spacial score (nSPS) is 11.9. The molecule has 0 aliphatic carbocycles. The fraction of sp³-hybridized carbons (Fsp3) is 0. The zero-order valence-corrected chi connectivity index (χ0v) is 12.5. The number of hydrogen-bond donors (Lipinski definition) is 0. The van der Waals surface area contributed by atoms with Gasteiger partial charge in [0.15, 0.2) is 17.2 Å². The van der Waals surface area contributed by atoms with Gasteiger partial charge in [0, 0.05) is 10.7 Å². The summed E-state index contributed by atoms with van der Waals surface area (Å²) in [6.45, 7) is 0. The Morgan fingerprint density at radius 3 is 2.48 bits per heavy atom. The molecule has 0 saturated carbocycles. The van der Waals surface area contributed by atoms with Gasteiger partial charge in [-0.1, -0.05) is 46.3 Å². The van der Waals surface area contributed by atoms with Crippen molar-refractivity contribution >= 4 is 15.9 Å². The average molecular weight is 340 g/mol. The average Bonchev–Trinajstić information content (AvgIpc) is 2.53. The molecule has 0 amide bonds. The summed E-state index contributed by atoms with van der Waals surface area (Å²) >= 11 is 3.60. The molecule has 1 aliphatic rings. The van der Waals surface area contributed by atoms with Crippen molar-refractivity contribution in [2.24, 2.45) is 0 Å². The predicted molar refractivity (Wildman–Crippen MR) is 84.0 cm³/mol.